The number of carbonyl (C=O) groups is 1. The minimum Gasteiger partial charge on any atom is -0.449 e. The van der Waals surface area contributed by atoms with E-state index < -0.39 is 6.09 Å². The van der Waals surface area contributed by atoms with Crippen LogP contribution >= 0.6 is 0 Å². The average Bonchev–Trinajstić information content (AvgIpc) is 3.32. The summed E-state index contributed by atoms with van der Waals surface area (Å²) in [4.78, 5) is 16.9. The molecule has 4 rings (SSSR count). The first-order valence-corrected chi connectivity index (χ1v) is 12.2. The first-order chi connectivity index (χ1) is 16.7. The van der Waals surface area contributed by atoms with E-state index in [1.165, 1.54) is 6.07 Å². The van der Waals surface area contributed by atoms with Crippen molar-refractivity contribution in [3.8, 4) is 11.1 Å². The van der Waals surface area contributed by atoms with E-state index in [1.54, 1.807) is 6.07 Å². The minimum absolute atomic E-state index is 0.0500. The van der Waals surface area contributed by atoms with Gasteiger partial charge in [-0.1, -0.05) is 76.2 Å². The molecule has 1 aliphatic heterocycles. The molecule has 0 bridgehead atoms. The van der Waals surface area contributed by atoms with Crippen LogP contribution in [0.25, 0.3) is 11.1 Å². The Morgan fingerprint density at radius 2 is 1.69 bits per heavy atom. The quantitative estimate of drug-likeness (QED) is 0.395. The number of benzene rings is 3. The molecule has 35 heavy (non-hydrogen) atoms. The molecule has 1 unspecified atom stereocenters. The maximum absolute atomic E-state index is 14.5. The van der Waals surface area contributed by atoms with Crippen molar-refractivity contribution in [1.29, 1.82) is 0 Å². The number of nitrogens with zero attached hydrogens (tertiary/aromatic N) is 1. The summed E-state index contributed by atoms with van der Waals surface area (Å²) in [6.45, 7) is 8.46. The van der Waals surface area contributed by atoms with Crippen LogP contribution < -0.4 is 5.32 Å². The van der Waals surface area contributed by atoms with Crippen molar-refractivity contribution in [1.82, 2.24) is 0 Å². The van der Waals surface area contributed by atoms with Gasteiger partial charge >= 0.3 is 6.09 Å². The number of amides is 1. The highest BCUT2D eigenvalue weighted by molar-refractivity contribution is 6.03. The number of ether oxygens (including phenoxy) is 1. The standard InChI is InChI=1S/C30H33FN2O2/c1-5-20-7-6-8-25(31)28(20)27-18-17-26(33-27)23-11-9-21(10-12-23)22-13-15-24(16-14-22)32-29(34)35-19-30(2,3)4/h6-16,26H,5,17-19H2,1-4H3,(H,32,34). The van der Waals surface area contributed by atoms with Crippen LogP contribution in [0.5, 0.6) is 0 Å². The zero-order valence-corrected chi connectivity index (χ0v) is 20.9. The summed E-state index contributed by atoms with van der Waals surface area (Å²) >= 11 is 0. The monoisotopic (exact) mass is 472 g/mol. The van der Waals surface area contributed by atoms with Crippen LogP contribution in [-0.4, -0.2) is 18.4 Å². The maximum atomic E-state index is 14.5. The van der Waals surface area contributed by atoms with Crippen LogP contribution in [0.15, 0.2) is 71.7 Å². The van der Waals surface area contributed by atoms with E-state index in [1.807, 2.05) is 58.0 Å². The molecular weight excluding hydrogens is 439 g/mol. The largest absolute Gasteiger partial charge is 0.449 e. The highest BCUT2D eigenvalue weighted by atomic mass is 19.1. The molecule has 3 aromatic rings. The summed E-state index contributed by atoms with van der Waals surface area (Å²) in [5.74, 6) is -0.181. The van der Waals surface area contributed by atoms with Crippen LogP contribution in [-0.2, 0) is 11.2 Å². The van der Waals surface area contributed by atoms with Gasteiger partial charge in [-0.25, -0.2) is 9.18 Å². The lowest BCUT2D eigenvalue weighted by Gasteiger charge is -2.18. The molecule has 5 heteroatoms. The minimum atomic E-state index is -0.449. The molecule has 1 heterocycles. The van der Waals surface area contributed by atoms with E-state index in [0.29, 0.717) is 17.9 Å². The highest BCUT2D eigenvalue weighted by Crippen LogP contribution is 2.34. The van der Waals surface area contributed by atoms with E-state index >= 15 is 0 Å². The van der Waals surface area contributed by atoms with E-state index in [9.17, 15) is 9.18 Å². The summed E-state index contributed by atoms with van der Waals surface area (Å²) in [7, 11) is 0. The number of aliphatic imine (C=N–C) groups is 1. The number of halogens is 1. The van der Waals surface area contributed by atoms with Crippen molar-refractivity contribution in [3.63, 3.8) is 0 Å². The van der Waals surface area contributed by atoms with Gasteiger partial charge in [-0.2, -0.15) is 0 Å². The molecule has 4 nitrogen and oxygen atoms in total. The second-order valence-electron chi connectivity index (χ2n) is 10.2. The molecule has 0 fully saturated rings. The fourth-order valence-electron chi connectivity index (χ4n) is 4.29. The van der Waals surface area contributed by atoms with Crippen LogP contribution in [0.4, 0.5) is 14.9 Å². The smallest absolute Gasteiger partial charge is 0.411 e. The van der Waals surface area contributed by atoms with Gasteiger partial charge in [0.1, 0.15) is 5.82 Å². The molecule has 3 aromatic carbocycles. The Morgan fingerprint density at radius 3 is 2.31 bits per heavy atom. The molecular formula is C30H33FN2O2. The highest BCUT2D eigenvalue weighted by Gasteiger charge is 2.23. The zero-order valence-electron chi connectivity index (χ0n) is 20.9. The van der Waals surface area contributed by atoms with Gasteiger partial charge in [0.05, 0.1) is 12.6 Å². The Hall–Kier alpha value is -3.47. The predicted molar refractivity (Wildman–Crippen MR) is 141 cm³/mol. The third-order valence-corrected chi connectivity index (χ3v) is 6.13. The third-order valence-electron chi connectivity index (χ3n) is 6.13. The molecule has 182 valence electrons. The normalized spacial score (nSPS) is 15.6. The van der Waals surface area contributed by atoms with Crippen molar-refractivity contribution < 1.29 is 13.9 Å². The Balaban J connectivity index is 1.42. The molecule has 0 saturated carbocycles. The molecule has 0 aliphatic carbocycles. The van der Waals surface area contributed by atoms with Crippen molar-refractivity contribution in [2.45, 2.75) is 53.0 Å². The average molecular weight is 473 g/mol. The number of hydrogen-bond acceptors (Lipinski definition) is 3. The number of carbonyl (C=O) groups excluding carboxylic acids is 1. The molecule has 1 aliphatic rings. The number of anilines is 1. The lowest BCUT2D eigenvalue weighted by atomic mass is 9.97. The van der Waals surface area contributed by atoms with Crippen molar-refractivity contribution in [2.24, 2.45) is 10.4 Å². The molecule has 1 amide bonds. The fraction of sp³-hybridized carbons (Fsp3) is 0.333. The first kappa shape index (κ1) is 24.6. The molecule has 1 N–H and O–H groups in total. The summed E-state index contributed by atoms with van der Waals surface area (Å²) in [6, 6.07) is 21.4. The van der Waals surface area contributed by atoms with E-state index in [0.717, 1.165) is 47.2 Å². The zero-order chi connectivity index (χ0) is 25.0. The Morgan fingerprint density at radius 1 is 1.03 bits per heavy atom. The van der Waals surface area contributed by atoms with Crippen molar-refractivity contribution in [2.75, 3.05) is 11.9 Å². The first-order valence-electron chi connectivity index (χ1n) is 12.2. The Labute approximate surface area is 207 Å². The number of nitrogens with one attached hydrogen (secondary N) is 1. The van der Waals surface area contributed by atoms with Gasteiger partial charge in [0.15, 0.2) is 0 Å². The molecule has 1 atom stereocenters. The van der Waals surface area contributed by atoms with Gasteiger partial charge in [-0.05, 0) is 65.1 Å². The number of rotatable bonds is 6. The predicted octanol–water partition coefficient (Wildman–Crippen LogP) is 7.97. The number of aryl methyl sites for hydroxylation is 1. The molecule has 0 aromatic heterocycles. The lowest BCUT2D eigenvalue weighted by molar-refractivity contribution is 0.118. The summed E-state index contributed by atoms with van der Waals surface area (Å²) in [6.07, 6.45) is 2.01. The van der Waals surface area contributed by atoms with Crippen LogP contribution in [0, 0.1) is 11.2 Å². The topological polar surface area (TPSA) is 50.7 Å². The molecule has 0 saturated heterocycles. The second-order valence-corrected chi connectivity index (χ2v) is 10.2. The second kappa shape index (κ2) is 10.4. The van der Waals surface area contributed by atoms with Gasteiger partial charge < -0.3 is 4.74 Å². The van der Waals surface area contributed by atoms with Crippen molar-refractivity contribution >= 4 is 17.5 Å². The summed E-state index contributed by atoms with van der Waals surface area (Å²) in [5, 5.41) is 2.77. The van der Waals surface area contributed by atoms with E-state index in [-0.39, 0.29) is 17.3 Å². The fourth-order valence-corrected chi connectivity index (χ4v) is 4.29. The van der Waals surface area contributed by atoms with E-state index in [4.69, 9.17) is 9.73 Å². The maximum Gasteiger partial charge on any atom is 0.411 e. The van der Waals surface area contributed by atoms with Crippen LogP contribution in [0.1, 0.15) is 63.3 Å². The number of hydrogen-bond donors (Lipinski definition) is 1. The van der Waals surface area contributed by atoms with Gasteiger partial charge in [0, 0.05) is 17.0 Å². The van der Waals surface area contributed by atoms with E-state index in [2.05, 4.69) is 29.6 Å². The molecule has 0 spiro atoms. The van der Waals surface area contributed by atoms with Gasteiger partial charge in [0.2, 0.25) is 0 Å². The third kappa shape index (κ3) is 6.16. The molecule has 0 radical (unpaired) electrons. The van der Waals surface area contributed by atoms with Crippen molar-refractivity contribution in [3.05, 3.63) is 89.2 Å². The van der Waals surface area contributed by atoms with Gasteiger partial charge in [-0.15, -0.1) is 0 Å². The van der Waals surface area contributed by atoms with Crippen LogP contribution in [0.3, 0.4) is 0 Å². The Bertz CT molecular complexity index is 1210. The van der Waals surface area contributed by atoms with Crippen LogP contribution in [0.2, 0.25) is 0 Å². The lowest BCUT2D eigenvalue weighted by Crippen LogP contribution is -2.21. The van der Waals surface area contributed by atoms with Gasteiger partial charge in [0.25, 0.3) is 0 Å². The van der Waals surface area contributed by atoms with Gasteiger partial charge in [-0.3, -0.25) is 10.3 Å². The Kier molecular flexibility index (Phi) is 7.34. The summed E-state index contributed by atoms with van der Waals surface area (Å²) < 4.78 is 19.8. The summed E-state index contributed by atoms with van der Waals surface area (Å²) in [5.41, 5.74) is 6.47. The SMILES string of the molecule is CCc1cccc(F)c1C1=NC(c2ccc(-c3ccc(NC(=O)OCC(C)(C)C)cc3)cc2)CC1.